The first-order valence-corrected chi connectivity index (χ1v) is 5.92. The first kappa shape index (κ1) is 10.8. The van der Waals surface area contributed by atoms with Crippen molar-refractivity contribution in [2.45, 2.75) is 6.54 Å². The summed E-state index contributed by atoms with van der Waals surface area (Å²) in [5.41, 5.74) is 7.63. The fraction of sp³-hybridized carbons (Fsp3) is 0.133. The molecule has 0 atom stereocenters. The van der Waals surface area contributed by atoms with Crippen LogP contribution >= 0.6 is 0 Å². The Bertz CT molecular complexity index is 588. The molecule has 2 aromatic carbocycles. The quantitative estimate of drug-likeness (QED) is 0.872. The molecule has 3 rings (SSSR count). The van der Waals surface area contributed by atoms with Crippen LogP contribution in [0.3, 0.4) is 0 Å². The Morgan fingerprint density at radius 2 is 1.83 bits per heavy atom. The molecule has 90 valence electrons. The molecule has 3 heteroatoms. The van der Waals surface area contributed by atoms with Gasteiger partial charge >= 0.3 is 0 Å². The maximum atomic E-state index is 5.17. The molecule has 3 nitrogen and oxygen atoms in total. The number of hydrogen-bond acceptors (Lipinski definition) is 3. The molecule has 0 fully saturated rings. The topological polar surface area (TPSA) is 33.6 Å². The molecule has 1 aliphatic rings. The molecule has 0 bridgehead atoms. The van der Waals surface area contributed by atoms with E-state index in [2.05, 4.69) is 28.7 Å². The summed E-state index contributed by atoms with van der Waals surface area (Å²) >= 11 is 0. The number of hydrogen-bond donors (Lipinski definition) is 1. The van der Waals surface area contributed by atoms with Crippen molar-refractivity contribution in [3.8, 4) is 5.75 Å². The highest BCUT2D eigenvalue weighted by atomic mass is 16.5. The minimum absolute atomic E-state index is 0.788. The predicted molar refractivity (Wildman–Crippen MR) is 71.9 cm³/mol. The third kappa shape index (κ3) is 1.84. The fourth-order valence-electron chi connectivity index (χ4n) is 2.14. The Morgan fingerprint density at radius 3 is 2.61 bits per heavy atom. The van der Waals surface area contributed by atoms with Crippen LogP contribution in [-0.2, 0) is 6.54 Å². The number of methoxy groups -OCH3 is 1. The van der Waals surface area contributed by atoms with Crippen LogP contribution in [0.25, 0.3) is 0 Å². The lowest BCUT2D eigenvalue weighted by atomic mass is 9.96. The molecule has 0 radical (unpaired) electrons. The molecule has 0 spiro atoms. The normalized spacial score (nSPS) is 13.3. The summed E-state index contributed by atoms with van der Waals surface area (Å²) in [6.07, 6.45) is 0. The van der Waals surface area contributed by atoms with E-state index in [0.29, 0.717) is 0 Å². The summed E-state index contributed by atoms with van der Waals surface area (Å²) in [5, 5.41) is 4.42. The third-order valence-corrected chi connectivity index (χ3v) is 3.10. The van der Waals surface area contributed by atoms with Crippen molar-refractivity contribution in [2.24, 2.45) is 5.10 Å². The van der Waals surface area contributed by atoms with Crippen LogP contribution in [0.2, 0.25) is 0 Å². The lowest BCUT2D eigenvalue weighted by Gasteiger charge is -2.17. The van der Waals surface area contributed by atoms with E-state index in [1.165, 1.54) is 11.1 Å². The molecule has 1 N–H and O–H groups in total. The summed E-state index contributed by atoms with van der Waals surface area (Å²) in [6.45, 7) is 0.788. The van der Waals surface area contributed by atoms with Gasteiger partial charge in [0.05, 0.1) is 19.4 Å². The van der Waals surface area contributed by atoms with Gasteiger partial charge in [-0.15, -0.1) is 0 Å². The van der Waals surface area contributed by atoms with Gasteiger partial charge in [-0.25, -0.2) is 0 Å². The van der Waals surface area contributed by atoms with Crippen molar-refractivity contribution in [1.82, 2.24) is 5.43 Å². The number of nitrogens with zero attached hydrogens (tertiary/aromatic N) is 1. The second-order valence-electron chi connectivity index (χ2n) is 4.18. The minimum Gasteiger partial charge on any atom is -0.497 e. The van der Waals surface area contributed by atoms with E-state index in [4.69, 9.17) is 4.74 Å². The summed E-state index contributed by atoms with van der Waals surface area (Å²) < 4.78 is 5.17. The first-order chi connectivity index (χ1) is 8.88. The molecule has 0 saturated heterocycles. The van der Waals surface area contributed by atoms with Crippen molar-refractivity contribution >= 4 is 5.71 Å². The van der Waals surface area contributed by atoms with Crippen LogP contribution in [0.4, 0.5) is 0 Å². The summed E-state index contributed by atoms with van der Waals surface area (Å²) in [4.78, 5) is 0. The Labute approximate surface area is 106 Å². The summed E-state index contributed by atoms with van der Waals surface area (Å²) in [6, 6.07) is 16.3. The fourth-order valence-corrected chi connectivity index (χ4v) is 2.14. The molecule has 0 aliphatic carbocycles. The molecular weight excluding hydrogens is 224 g/mol. The summed E-state index contributed by atoms with van der Waals surface area (Å²) in [5.74, 6) is 0.858. The van der Waals surface area contributed by atoms with Gasteiger partial charge in [0.15, 0.2) is 0 Å². The molecule has 2 aromatic rings. The first-order valence-electron chi connectivity index (χ1n) is 5.92. The van der Waals surface area contributed by atoms with Crippen LogP contribution in [-0.4, -0.2) is 12.8 Å². The minimum atomic E-state index is 0.788. The monoisotopic (exact) mass is 238 g/mol. The molecule has 1 heterocycles. The maximum absolute atomic E-state index is 5.17. The Balaban J connectivity index is 2.03. The molecule has 0 unspecified atom stereocenters. The molecule has 0 aromatic heterocycles. The lowest BCUT2D eigenvalue weighted by molar-refractivity contribution is 0.415. The van der Waals surface area contributed by atoms with Crippen LogP contribution < -0.4 is 10.2 Å². The van der Waals surface area contributed by atoms with E-state index in [-0.39, 0.29) is 0 Å². The van der Waals surface area contributed by atoms with Gasteiger partial charge < -0.3 is 10.2 Å². The van der Waals surface area contributed by atoms with E-state index in [0.717, 1.165) is 23.6 Å². The number of hydrazone groups is 1. The van der Waals surface area contributed by atoms with Gasteiger partial charge in [-0.3, -0.25) is 0 Å². The van der Waals surface area contributed by atoms with Gasteiger partial charge in [0.1, 0.15) is 5.75 Å². The Morgan fingerprint density at radius 1 is 1.06 bits per heavy atom. The molecule has 1 aliphatic heterocycles. The smallest absolute Gasteiger partial charge is 0.118 e. The van der Waals surface area contributed by atoms with Crippen LogP contribution in [0, 0.1) is 0 Å². The third-order valence-electron chi connectivity index (χ3n) is 3.10. The standard InChI is InChI=1S/C15H14N2O/c1-18-13-8-6-11(7-9-13)15-14-5-3-2-4-12(14)10-16-17-15/h2-9,16H,10H2,1H3. The highest BCUT2D eigenvalue weighted by Crippen LogP contribution is 2.20. The molecular formula is C15H14N2O. The van der Waals surface area contributed by atoms with Crippen molar-refractivity contribution < 1.29 is 4.74 Å². The lowest BCUT2D eigenvalue weighted by Crippen LogP contribution is -2.20. The zero-order chi connectivity index (χ0) is 12.4. The average Bonchev–Trinajstić information content (AvgIpc) is 2.47. The number of benzene rings is 2. The number of ether oxygens (including phenoxy) is 1. The zero-order valence-corrected chi connectivity index (χ0v) is 10.2. The van der Waals surface area contributed by atoms with Crippen LogP contribution in [0.15, 0.2) is 53.6 Å². The number of nitrogens with one attached hydrogen (secondary N) is 1. The van der Waals surface area contributed by atoms with E-state index in [1.807, 2.05) is 30.3 Å². The van der Waals surface area contributed by atoms with E-state index in [1.54, 1.807) is 7.11 Å². The molecule has 18 heavy (non-hydrogen) atoms. The van der Waals surface area contributed by atoms with E-state index < -0.39 is 0 Å². The van der Waals surface area contributed by atoms with Crippen molar-refractivity contribution in [3.05, 3.63) is 65.2 Å². The van der Waals surface area contributed by atoms with Crippen molar-refractivity contribution in [3.63, 3.8) is 0 Å². The van der Waals surface area contributed by atoms with Gasteiger partial charge in [-0.1, -0.05) is 24.3 Å². The SMILES string of the molecule is COc1ccc(C2=NNCc3ccccc32)cc1. The number of fused-ring (bicyclic) bond motifs is 1. The predicted octanol–water partition coefficient (Wildman–Crippen LogP) is 2.55. The van der Waals surface area contributed by atoms with Crippen molar-refractivity contribution in [1.29, 1.82) is 0 Å². The van der Waals surface area contributed by atoms with Gasteiger partial charge in [0, 0.05) is 11.1 Å². The van der Waals surface area contributed by atoms with Gasteiger partial charge in [0.2, 0.25) is 0 Å². The zero-order valence-electron chi connectivity index (χ0n) is 10.2. The maximum Gasteiger partial charge on any atom is 0.118 e. The van der Waals surface area contributed by atoms with Crippen LogP contribution in [0.1, 0.15) is 16.7 Å². The second-order valence-corrected chi connectivity index (χ2v) is 4.18. The largest absolute Gasteiger partial charge is 0.497 e. The molecule has 0 amide bonds. The van der Waals surface area contributed by atoms with E-state index in [9.17, 15) is 0 Å². The average molecular weight is 238 g/mol. The Kier molecular flexibility index (Phi) is 2.73. The van der Waals surface area contributed by atoms with E-state index >= 15 is 0 Å². The van der Waals surface area contributed by atoms with Gasteiger partial charge in [-0.05, 0) is 29.8 Å². The van der Waals surface area contributed by atoms with Gasteiger partial charge in [-0.2, -0.15) is 5.10 Å². The number of rotatable bonds is 2. The van der Waals surface area contributed by atoms with Crippen LogP contribution in [0.5, 0.6) is 5.75 Å². The summed E-state index contributed by atoms with van der Waals surface area (Å²) in [7, 11) is 1.67. The Hall–Kier alpha value is -2.29. The highest BCUT2D eigenvalue weighted by Gasteiger charge is 2.14. The van der Waals surface area contributed by atoms with Crippen molar-refractivity contribution in [2.75, 3.05) is 7.11 Å². The second kappa shape index (κ2) is 4.53. The van der Waals surface area contributed by atoms with Gasteiger partial charge in [0.25, 0.3) is 0 Å². The molecule has 0 saturated carbocycles. The highest BCUT2D eigenvalue weighted by molar-refractivity contribution is 6.14.